The van der Waals surface area contributed by atoms with Crippen molar-refractivity contribution in [1.82, 2.24) is 20.5 Å². The van der Waals surface area contributed by atoms with E-state index in [2.05, 4.69) is 20.5 Å². The number of carbonyl (C=O) groups excluding carboxylic acids is 1. The van der Waals surface area contributed by atoms with Gasteiger partial charge in [0, 0.05) is 12.1 Å². The van der Waals surface area contributed by atoms with Crippen LogP contribution in [0.5, 0.6) is 5.75 Å². The average molecular weight is 395 g/mol. The number of nitrogens with zero attached hydrogens (tertiary/aromatic N) is 3. The lowest BCUT2D eigenvalue weighted by Gasteiger charge is -2.14. The fourth-order valence-corrected chi connectivity index (χ4v) is 3.37. The van der Waals surface area contributed by atoms with E-state index >= 15 is 0 Å². The molecule has 0 spiro atoms. The molecule has 0 bridgehead atoms. The molecule has 3 rings (SSSR count). The minimum atomic E-state index is -0.275. The Labute approximate surface area is 168 Å². The van der Waals surface area contributed by atoms with Gasteiger partial charge in [-0.1, -0.05) is 61.2 Å². The van der Waals surface area contributed by atoms with E-state index in [1.54, 1.807) is 13.3 Å². The van der Waals surface area contributed by atoms with Crippen molar-refractivity contribution in [2.45, 2.75) is 30.3 Å². The SMILES string of the molecule is CCC(Sc1ncc(-c2ccccc2)nn1)C(=O)NCc1ccc(OC)cc1. The standard InChI is InChI=1S/C21H22N4O2S/c1-3-19(20(26)22-13-15-9-11-17(27-2)12-10-15)28-21-23-14-18(24-25-21)16-7-5-4-6-8-16/h4-12,14,19H,3,13H2,1-2H3,(H,22,26). The monoisotopic (exact) mass is 394 g/mol. The second-order valence-electron chi connectivity index (χ2n) is 6.07. The Morgan fingerprint density at radius 3 is 2.46 bits per heavy atom. The average Bonchev–Trinajstić information content (AvgIpc) is 2.77. The quantitative estimate of drug-likeness (QED) is 0.587. The van der Waals surface area contributed by atoms with Crippen molar-refractivity contribution in [3.8, 4) is 17.0 Å². The number of aromatic nitrogens is 3. The van der Waals surface area contributed by atoms with Crippen LogP contribution < -0.4 is 10.1 Å². The molecule has 0 saturated carbocycles. The third kappa shape index (κ3) is 5.29. The number of carbonyl (C=O) groups is 1. The molecule has 1 aromatic heterocycles. The Morgan fingerprint density at radius 2 is 1.86 bits per heavy atom. The van der Waals surface area contributed by atoms with Gasteiger partial charge in [-0.2, -0.15) is 0 Å². The second-order valence-corrected chi connectivity index (χ2v) is 7.24. The van der Waals surface area contributed by atoms with Crippen molar-refractivity contribution >= 4 is 17.7 Å². The smallest absolute Gasteiger partial charge is 0.233 e. The molecule has 28 heavy (non-hydrogen) atoms. The molecular weight excluding hydrogens is 372 g/mol. The third-order valence-corrected chi connectivity index (χ3v) is 5.38. The summed E-state index contributed by atoms with van der Waals surface area (Å²) in [4.78, 5) is 16.9. The molecule has 3 aromatic rings. The van der Waals surface area contributed by atoms with Crippen molar-refractivity contribution in [1.29, 1.82) is 0 Å². The molecule has 7 heteroatoms. The topological polar surface area (TPSA) is 77.0 Å². The summed E-state index contributed by atoms with van der Waals surface area (Å²) in [6.45, 7) is 2.43. The zero-order valence-corrected chi connectivity index (χ0v) is 16.6. The number of amides is 1. The van der Waals surface area contributed by atoms with E-state index in [4.69, 9.17) is 4.74 Å². The molecule has 1 unspecified atom stereocenters. The Bertz CT molecular complexity index is 887. The van der Waals surface area contributed by atoms with Gasteiger partial charge in [0.2, 0.25) is 11.1 Å². The lowest BCUT2D eigenvalue weighted by molar-refractivity contribution is -0.120. The van der Waals surface area contributed by atoms with Gasteiger partial charge in [-0.05, 0) is 24.1 Å². The molecular formula is C21H22N4O2S. The Hall–Kier alpha value is -2.93. The molecule has 6 nitrogen and oxygen atoms in total. The summed E-state index contributed by atoms with van der Waals surface area (Å²) in [5.41, 5.74) is 2.68. The minimum Gasteiger partial charge on any atom is -0.497 e. The maximum Gasteiger partial charge on any atom is 0.233 e. The molecule has 0 saturated heterocycles. The van der Waals surface area contributed by atoms with E-state index in [-0.39, 0.29) is 11.2 Å². The summed E-state index contributed by atoms with van der Waals surface area (Å²) >= 11 is 1.33. The summed E-state index contributed by atoms with van der Waals surface area (Å²) in [6.07, 6.45) is 2.36. The third-order valence-electron chi connectivity index (χ3n) is 4.15. The van der Waals surface area contributed by atoms with E-state index in [0.29, 0.717) is 23.8 Å². The molecule has 1 atom stereocenters. The van der Waals surface area contributed by atoms with Crippen LogP contribution >= 0.6 is 11.8 Å². The molecule has 144 valence electrons. The van der Waals surface area contributed by atoms with Gasteiger partial charge in [-0.25, -0.2) is 4.98 Å². The van der Waals surface area contributed by atoms with Crippen LogP contribution in [0.1, 0.15) is 18.9 Å². The van der Waals surface area contributed by atoms with E-state index in [0.717, 1.165) is 16.9 Å². The van der Waals surface area contributed by atoms with Crippen molar-refractivity contribution in [3.05, 3.63) is 66.4 Å². The number of hydrogen-bond donors (Lipinski definition) is 1. The van der Waals surface area contributed by atoms with Gasteiger partial charge in [0.1, 0.15) is 11.4 Å². The Balaban J connectivity index is 1.57. The number of rotatable bonds is 8. The first-order chi connectivity index (χ1) is 13.7. The van der Waals surface area contributed by atoms with Crippen molar-refractivity contribution in [2.75, 3.05) is 7.11 Å². The van der Waals surface area contributed by atoms with Crippen LogP contribution in [0.15, 0.2) is 66.0 Å². The zero-order valence-electron chi connectivity index (χ0n) is 15.8. The zero-order chi connectivity index (χ0) is 19.8. The number of ether oxygens (including phenoxy) is 1. The van der Waals surface area contributed by atoms with Gasteiger partial charge in [0.25, 0.3) is 0 Å². The first-order valence-corrected chi connectivity index (χ1v) is 9.90. The summed E-state index contributed by atoms with van der Waals surface area (Å²) in [6, 6.07) is 17.4. The molecule has 1 N–H and O–H groups in total. The number of benzene rings is 2. The van der Waals surface area contributed by atoms with Crippen LogP contribution in [0.25, 0.3) is 11.3 Å². The summed E-state index contributed by atoms with van der Waals surface area (Å²) in [5.74, 6) is 0.750. The van der Waals surface area contributed by atoms with E-state index < -0.39 is 0 Å². The van der Waals surface area contributed by atoms with Crippen molar-refractivity contribution in [2.24, 2.45) is 0 Å². The van der Waals surface area contributed by atoms with E-state index in [9.17, 15) is 4.79 Å². The highest BCUT2D eigenvalue weighted by atomic mass is 32.2. The number of nitrogens with one attached hydrogen (secondary N) is 1. The molecule has 1 heterocycles. The fourth-order valence-electron chi connectivity index (χ4n) is 2.56. The van der Waals surface area contributed by atoms with Crippen LogP contribution in [0.2, 0.25) is 0 Å². The Morgan fingerprint density at radius 1 is 1.11 bits per heavy atom. The lowest BCUT2D eigenvalue weighted by Crippen LogP contribution is -2.32. The predicted molar refractivity (Wildman–Crippen MR) is 110 cm³/mol. The fraction of sp³-hybridized carbons (Fsp3) is 0.238. The number of hydrogen-bond acceptors (Lipinski definition) is 6. The van der Waals surface area contributed by atoms with Gasteiger partial charge in [-0.15, -0.1) is 10.2 Å². The molecule has 0 fully saturated rings. The van der Waals surface area contributed by atoms with Crippen molar-refractivity contribution < 1.29 is 9.53 Å². The highest BCUT2D eigenvalue weighted by Crippen LogP contribution is 2.23. The maximum absolute atomic E-state index is 12.5. The number of methoxy groups -OCH3 is 1. The number of thioether (sulfide) groups is 1. The molecule has 0 aliphatic carbocycles. The van der Waals surface area contributed by atoms with Crippen molar-refractivity contribution in [3.63, 3.8) is 0 Å². The molecule has 1 amide bonds. The summed E-state index contributed by atoms with van der Waals surface area (Å²) in [5, 5.41) is 11.6. The molecule has 0 aliphatic heterocycles. The van der Waals surface area contributed by atoms with Gasteiger partial charge in [-0.3, -0.25) is 4.79 Å². The lowest BCUT2D eigenvalue weighted by atomic mass is 10.2. The maximum atomic E-state index is 12.5. The van der Waals surface area contributed by atoms with Gasteiger partial charge in [0.05, 0.1) is 18.6 Å². The van der Waals surface area contributed by atoms with E-state index in [1.807, 2.05) is 61.5 Å². The van der Waals surface area contributed by atoms with Crippen LogP contribution in [0.3, 0.4) is 0 Å². The van der Waals surface area contributed by atoms with Gasteiger partial charge in [0.15, 0.2) is 0 Å². The predicted octanol–water partition coefficient (Wildman–Crippen LogP) is 3.73. The minimum absolute atomic E-state index is 0.0425. The summed E-state index contributed by atoms with van der Waals surface area (Å²) < 4.78 is 5.14. The second kappa shape index (κ2) is 9.85. The van der Waals surface area contributed by atoms with Gasteiger partial charge < -0.3 is 10.1 Å². The van der Waals surface area contributed by atoms with Crippen LogP contribution in [0.4, 0.5) is 0 Å². The van der Waals surface area contributed by atoms with Gasteiger partial charge >= 0.3 is 0 Å². The highest BCUT2D eigenvalue weighted by Gasteiger charge is 2.19. The Kier molecular flexibility index (Phi) is 6.97. The first-order valence-electron chi connectivity index (χ1n) is 9.02. The summed E-state index contributed by atoms with van der Waals surface area (Å²) in [7, 11) is 1.63. The highest BCUT2D eigenvalue weighted by molar-refractivity contribution is 8.00. The molecule has 0 radical (unpaired) electrons. The van der Waals surface area contributed by atoms with E-state index in [1.165, 1.54) is 11.8 Å². The molecule has 0 aliphatic rings. The van der Waals surface area contributed by atoms with Crippen LogP contribution in [-0.4, -0.2) is 33.4 Å². The molecule has 2 aromatic carbocycles. The van der Waals surface area contributed by atoms with Crippen LogP contribution in [-0.2, 0) is 11.3 Å². The normalized spacial score (nSPS) is 11.6. The largest absolute Gasteiger partial charge is 0.497 e. The van der Waals surface area contributed by atoms with Crippen LogP contribution in [0, 0.1) is 0 Å². The first kappa shape index (κ1) is 19.8.